The molecule has 0 saturated heterocycles. The molecule has 2 N–H and O–H groups in total. The number of rotatable bonds is 2. The first-order valence-corrected chi connectivity index (χ1v) is 3.11. The Bertz CT molecular complexity index is 247. The van der Waals surface area contributed by atoms with Gasteiger partial charge in [-0.25, -0.2) is 0 Å². The minimum atomic E-state index is -6.40. The number of alkyl halides is 2. The summed E-state index contributed by atoms with van der Waals surface area (Å²) in [6.07, 6.45) is 0. The fourth-order valence-electron chi connectivity index (χ4n) is 0.0995. The van der Waals surface area contributed by atoms with Gasteiger partial charge in [-0.1, -0.05) is 3.89 Å². The number of halogens is 3. The molecule has 0 aliphatic rings. The Morgan fingerprint density at radius 2 is 1.58 bits per heavy atom. The van der Waals surface area contributed by atoms with Gasteiger partial charge in [0.25, 0.3) is 0 Å². The van der Waals surface area contributed by atoms with E-state index in [1.165, 1.54) is 0 Å². The van der Waals surface area contributed by atoms with Gasteiger partial charge >= 0.3 is 45.0 Å². The molecule has 0 aromatic carbocycles. The second-order valence-corrected chi connectivity index (χ2v) is 2.63. The van der Waals surface area contributed by atoms with E-state index in [1.54, 1.807) is 0 Å². The first-order valence-electron chi connectivity index (χ1n) is 1.73. The molecule has 0 unspecified atom stereocenters. The number of carboxylic acids is 1. The number of aliphatic carboxylic acids is 1. The fourth-order valence-corrected chi connectivity index (χ4v) is 0.299. The van der Waals surface area contributed by atoms with Crippen LogP contribution in [0.5, 0.6) is 0 Å². The van der Waals surface area contributed by atoms with Crippen molar-refractivity contribution in [3.05, 3.63) is 0 Å². The van der Waals surface area contributed by atoms with Crippen LogP contribution >= 0.6 is 0 Å². The third kappa shape index (κ3) is 3.72. The molecule has 0 radical (unpaired) electrons. The van der Waals surface area contributed by atoms with Crippen LogP contribution in [0.25, 0.3) is 0 Å². The molecule has 5 nitrogen and oxygen atoms in total. The summed E-state index contributed by atoms with van der Waals surface area (Å²) in [7, 11) is -6.40. The maximum absolute atomic E-state index is 11.4. The normalized spacial score (nSPS) is 10.9. The monoisotopic (exact) mass is 218 g/mol. The average molecular weight is 218 g/mol. The zero-order chi connectivity index (χ0) is 8.58. The van der Waals surface area contributed by atoms with Crippen molar-refractivity contribution in [2.45, 2.75) is 5.25 Å². The second kappa shape index (κ2) is 5.02. The van der Waals surface area contributed by atoms with Crippen molar-refractivity contribution in [2.24, 2.45) is 0 Å². The molecule has 0 saturated carbocycles. The molecule has 0 amide bonds. The quantitative estimate of drug-likeness (QED) is 0.341. The Balaban J connectivity index is -0.000000405. The van der Waals surface area contributed by atoms with Gasteiger partial charge in [-0.05, 0) is 0 Å². The van der Waals surface area contributed by atoms with E-state index in [-0.39, 0.29) is 35.0 Å². The van der Waals surface area contributed by atoms with Crippen molar-refractivity contribution in [1.82, 2.24) is 0 Å². The van der Waals surface area contributed by atoms with E-state index in [1.807, 2.05) is 0 Å². The molecule has 0 aliphatic heterocycles. The summed E-state index contributed by atoms with van der Waals surface area (Å²) < 4.78 is 52.6. The van der Waals surface area contributed by atoms with E-state index >= 15 is 0 Å². The van der Waals surface area contributed by atoms with Crippen LogP contribution in [0, 0.1) is 0 Å². The number of carboxylic acid groups (broad SMARTS) is 1. The maximum atomic E-state index is 11.4. The molecule has 0 aromatic rings. The molecule has 0 heterocycles. The van der Waals surface area contributed by atoms with Gasteiger partial charge in [0.2, 0.25) is 0 Å². The van der Waals surface area contributed by atoms with Crippen molar-refractivity contribution >= 4 is 16.2 Å². The predicted molar refractivity (Wildman–Crippen MR) is 23.6 cm³/mol. The number of carbonyl (C=O) groups is 1. The van der Waals surface area contributed by atoms with Crippen molar-refractivity contribution in [2.75, 3.05) is 0 Å². The summed E-state index contributed by atoms with van der Waals surface area (Å²) in [6, 6.07) is 0. The van der Waals surface area contributed by atoms with Gasteiger partial charge in [0.15, 0.2) is 0 Å². The summed E-state index contributed by atoms with van der Waals surface area (Å²) in [4.78, 5) is 9.19. The molecule has 0 atom stereocenters. The van der Waals surface area contributed by atoms with Gasteiger partial charge in [-0.3, -0.25) is 0 Å². The van der Waals surface area contributed by atoms with Gasteiger partial charge < -0.3 is 15.4 Å². The summed E-state index contributed by atoms with van der Waals surface area (Å²) in [5.74, 6) is -3.28. The van der Waals surface area contributed by atoms with Crippen LogP contribution in [0.1, 0.15) is 0 Å². The Morgan fingerprint density at radius 3 is 1.58 bits per heavy atom. The SMILES string of the molecule is O.O=C([O-])C(F)(F)S(=O)(=O)F.[Na+]. The molecule has 0 bridgehead atoms. The smallest absolute Gasteiger partial charge is 0.543 e. The van der Waals surface area contributed by atoms with E-state index in [2.05, 4.69) is 0 Å². The van der Waals surface area contributed by atoms with Crippen molar-refractivity contribution in [3.8, 4) is 0 Å². The third-order valence-corrected chi connectivity index (χ3v) is 1.32. The van der Waals surface area contributed by atoms with Crippen LogP contribution in [0.15, 0.2) is 0 Å². The van der Waals surface area contributed by atoms with E-state index in [4.69, 9.17) is 0 Å². The second-order valence-electron chi connectivity index (χ2n) is 1.24. The van der Waals surface area contributed by atoms with Gasteiger partial charge in [-0.15, -0.1) is 0 Å². The van der Waals surface area contributed by atoms with Gasteiger partial charge in [0.1, 0.15) is 5.97 Å². The number of hydrogen-bond donors (Lipinski definition) is 0. The standard InChI is InChI=1S/C2HF3O4S.Na.H2O/c3-2(4,1(6)7)10(5,8)9;;/h(H,6,7);;1H2/q;+1;/p-1. The average Bonchev–Trinajstić information content (AvgIpc) is 1.62. The topological polar surface area (TPSA) is 106 Å². The fraction of sp³-hybridized carbons (Fsp3) is 0.500. The maximum Gasteiger partial charge on any atom is 1.00 e. The van der Waals surface area contributed by atoms with E-state index in [0.29, 0.717) is 0 Å². The predicted octanol–water partition coefficient (Wildman–Crippen LogP) is -5.19. The van der Waals surface area contributed by atoms with E-state index in [0.717, 1.165) is 0 Å². The minimum absolute atomic E-state index is 0. The molecule has 0 rings (SSSR count). The van der Waals surface area contributed by atoms with Crippen LogP contribution in [0.3, 0.4) is 0 Å². The Morgan fingerprint density at radius 1 is 1.33 bits per heavy atom. The van der Waals surface area contributed by atoms with Gasteiger partial charge in [0, 0.05) is 0 Å². The van der Waals surface area contributed by atoms with Crippen LogP contribution in [0.2, 0.25) is 0 Å². The molecule has 0 fully saturated rings. The largest absolute Gasteiger partial charge is 1.00 e. The van der Waals surface area contributed by atoms with Crippen molar-refractivity contribution in [3.63, 3.8) is 0 Å². The molecular weight excluding hydrogens is 216 g/mol. The van der Waals surface area contributed by atoms with Crippen molar-refractivity contribution < 1.29 is 66.0 Å². The number of hydrogen-bond acceptors (Lipinski definition) is 4. The van der Waals surface area contributed by atoms with E-state index < -0.39 is 21.4 Å². The molecule has 12 heavy (non-hydrogen) atoms. The Labute approximate surface area is 87.4 Å². The van der Waals surface area contributed by atoms with Crippen LogP contribution in [0.4, 0.5) is 12.7 Å². The van der Waals surface area contributed by atoms with Gasteiger partial charge in [0.05, 0.1) is 0 Å². The molecule has 10 heteroatoms. The van der Waals surface area contributed by atoms with Crippen LogP contribution in [-0.2, 0) is 15.0 Å². The zero-order valence-electron chi connectivity index (χ0n) is 5.68. The summed E-state index contributed by atoms with van der Waals surface area (Å²) in [6.45, 7) is 0. The molecule has 0 spiro atoms. The van der Waals surface area contributed by atoms with Crippen molar-refractivity contribution in [1.29, 1.82) is 0 Å². The van der Waals surface area contributed by atoms with Crippen LogP contribution < -0.4 is 34.7 Å². The molecule has 0 aliphatic carbocycles. The van der Waals surface area contributed by atoms with Gasteiger partial charge in [-0.2, -0.15) is 17.2 Å². The number of carbonyl (C=O) groups excluding carboxylic acids is 1. The Hall–Kier alpha value is 0.170. The summed E-state index contributed by atoms with van der Waals surface area (Å²) >= 11 is 0. The molecular formula is C2H2F3NaO5S. The Kier molecular flexibility index (Phi) is 7.55. The summed E-state index contributed by atoms with van der Waals surface area (Å²) in [5, 5.41) is 3.74. The zero-order valence-corrected chi connectivity index (χ0v) is 8.49. The molecule has 68 valence electrons. The van der Waals surface area contributed by atoms with Crippen LogP contribution in [-0.4, -0.2) is 25.1 Å². The van der Waals surface area contributed by atoms with E-state index in [9.17, 15) is 31.0 Å². The first-order chi connectivity index (χ1) is 4.19. The summed E-state index contributed by atoms with van der Waals surface area (Å²) in [5.41, 5.74) is 0. The molecule has 0 aromatic heterocycles. The minimum Gasteiger partial charge on any atom is -0.543 e. The third-order valence-electron chi connectivity index (χ3n) is 0.544. The first kappa shape index (κ1) is 18.1.